The fraction of sp³-hybridized carbons (Fsp3) is 1.00. The highest BCUT2D eigenvalue weighted by molar-refractivity contribution is 7.85. The lowest BCUT2D eigenvalue weighted by atomic mass is 10.5. The monoisotopic (exact) mass is 186 g/mol. The molecule has 0 bridgehead atoms. The van der Waals surface area contributed by atoms with Crippen LogP contribution in [-0.2, 0) is 14.3 Å². The van der Waals surface area contributed by atoms with E-state index in [-0.39, 0.29) is 6.61 Å². The number of rotatable bonds is 2. The van der Waals surface area contributed by atoms with Crippen LogP contribution in [0.3, 0.4) is 0 Å². The van der Waals surface area contributed by atoms with Crippen molar-refractivity contribution < 1.29 is 22.8 Å². The molecule has 0 fully saturated rings. The van der Waals surface area contributed by atoms with Gasteiger partial charge in [-0.25, -0.2) is 0 Å². The van der Waals surface area contributed by atoms with Crippen LogP contribution in [0.15, 0.2) is 0 Å². The minimum absolute atomic E-state index is 0.139. The van der Waals surface area contributed by atoms with Gasteiger partial charge in [0.2, 0.25) is 0 Å². The van der Waals surface area contributed by atoms with Gasteiger partial charge in [0.1, 0.15) is 0 Å². The van der Waals surface area contributed by atoms with Crippen molar-refractivity contribution in [3.8, 4) is 0 Å². The second-order valence-corrected chi connectivity index (χ2v) is 3.64. The Morgan fingerprint density at radius 3 is 1.73 bits per heavy atom. The van der Waals surface area contributed by atoms with Gasteiger partial charge in [-0.1, -0.05) is 0 Å². The van der Waals surface area contributed by atoms with Crippen LogP contribution >= 0.6 is 0 Å². The average molecular weight is 186 g/mol. The fourth-order valence-corrected chi connectivity index (χ4v) is 0. The van der Waals surface area contributed by atoms with Crippen molar-refractivity contribution in [3.63, 3.8) is 0 Å². The summed E-state index contributed by atoms with van der Waals surface area (Å²) in [6.07, 6.45) is 0.433. The van der Waals surface area contributed by atoms with E-state index >= 15 is 0 Å². The predicted molar refractivity (Wildman–Crippen MR) is 40.6 cm³/mol. The Kier molecular flexibility index (Phi) is 7.97. The Labute approximate surface area is 66.7 Å². The highest BCUT2D eigenvalue weighted by atomic mass is 32.2. The molecule has 0 aliphatic carbocycles. The van der Waals surface area contributed by atoms with Crippen LogP contribution in [0.4, 0.5) is 0 Å². The molecule has 0 saturated carbocycles. The molecule has 0 aromatic carbocycles. The summed E-state index contributed by atoms with van der Waals surface area (Å²) in [6.45, 7) is 1.39. The Morgan fingerprint density at radius 2 is 1.73 bits per heavy atom. The summed E-state index contributed by atoms with van der Waals surface area (Å²) >= 11 is 0. The van der Waals surface area contributed by atoms with Gasteiger partial charge in [0.05, 0.1) is 26.1 Å². The van der Waals surface area contributed by atoms with E-state index < -0.39 is 16.2 Å². The van der Waals surface area contributed by atoms with E-state index in [1.165, 1.54) is 6.92 Å². The van der Waals surface area contributed by atoms with E-state index in [0.717, 1.165) is 13.4 Å². The zero-order chi connectivity index (χ0) is 9.49. The lowest BCUT2D eigenvalue weighted by molar-refractivity contribution is 0.110. The maximum absolute atomic E-state index is 9.78. The molecule has 0 amide bonds. The average Bonchev–Trinajstić information content (AvgIpc) is 1.88. The maximum atomic E-state index is 9.78. The summed E-state index contributed by atoms with van der Waals surface area (Å²) in [5.74, 6) is 0. The smallest absolute Gasteiger partial charge is 0.264 e. The van der Waals surface area contributed by atoms with Gasteiger partial charge in [-0.05, 0) is 6.92 Å². The van der Waals surface area contributed by atoms with Crippen LogP contribution in [-0.4, -0.2) is 44.7 Å². The zero-order valence-electron chi connectivity index (χ0n) is 6.81. The van der Waals surface area contributed by atoms with E-state index in [9.17, 15) is 8.42 Å². The molecule has 1 unspecified atom stereocenters. The third kappa shape index (κ3) is 25.8. The van der Waals surface area contributed by atoms with Crippen LogP contribution in [0.2, 0.25) is 0 Å². The van der Waals surface area contributed by atoms with Crippen LogP contribution in [0.25, 0.3) is 0 Å². The highest BCUT2D eigenvalue weighted by Gasteiger charge is 1.90. The van der Waals surface area contributed by atoms with Crippen molar-refractivity contribution in [3.05, 3.63) is 0 Å². The van der Waals surface area contributed by atoms with E-state index in [4.69, 9.17) is 10.2 Å². The first-order valence-electron chi connectivity index (χ1n) is 2.88. The minimum Gasteiger partial charge on any atom is -0.394 e. The van der Waals surface area contributed by atoms with Gasteiger partial charge in [0.15, 0.2) is 0 Å². The van der Waals surface area contributed by atoms with Crippen molar-refractivity contribution in [2.45, 2.75) is 13.0 Å². The van der Waals surface area contributed by atoms with E-state index in [2.05, 4.69) is 4.18 Å². The first kappa shape index (κ1) is 13.4. The van der Waals surface area contributed by atoms with Crippen LogP contribution < -0.4 is 0 Å². The summed E-state index contributed by atoms with van der Waals surface area (Å²) in [4.78, 5) is 0. The Hall–Kier alpha value is -0.170. The van der Waals surface area contributed by atoms with E-state index in [1.54, 1.807) is 0 Å². The van der Waals surface area contributed by atoms with Gasteiger partial charge in [-0.2, -0.15) is 8.42 Å². The summed E-state index contributed by atoms with van der Waals surface area (Å²) < 4.78 is 23.5. The molecule has 0 radical (unpaired) electrons. The van der Waals surface area contributed by atoms with Crippen molar-refractivity contribution in [1.29, 1.82) is 0 Å². The van der Waals surface area contributed by atoms with Crippen LogP contribution in [0.1, 0.15) is 6.92 Å². The molecule has 1 atom stereocenters. The van der Waals surface area contributed by atoms with Gasteiger partial charge in [-0.3, -0.25) is 4.18 Å². The molecular weight excluding hydrogens is 172 g/mol. The van der Waals surface area contributed by atoms with Crippen molar-refractivity contribution >= 4 is 10.1 Å². The van der Waals surface area contributed by atoms with Gasteiger partial charge in [-0.15, -0.1) is 0 Å². The summed E-state index contributed by atoms with van der Waals surface area (Å²) in [5.41, 5.74) is 0. The molecule has 11 heavy (non-hydrogen) atoms. The normalized spacial score (nSPS) is 13.2. The molecule has 0 heterocycles. The molecule has 5 nitrogen and oxygen atoms in total. The summed E-state index contributed by atoms with van der Waals surface area (Å²) in [7, 11) is -2.04. The number of aliphatic hydroxyl groups is 2. The SMILES string of the molecule is CC(O)CO.COS(C)(=O)=O. The van der Waals surface area contributed by atoms with Gasteiger partial charge >= 0.3 is 0 Å². The molecule has 0 rings (SSSR count). The third-order valence-corrected chi connectivity index (χ3v) is 1.17. The van der Waals surface area contributed by atoms with E-state index in [1.807, 2.05) is 0 Å². The van der Waals surface area contributed by atoms with Crippen LogP contribution in [0.5, 0.6) is 0 Å². The molecule has 0 aliphatic heterocycles. The summed E-state index contributed by atoms with van der Waals surface area (Å²) in [5, 5.41) is 16.0. The van der Waals surface area contributed by atoms with Crippen molar-refractivity contribution in [1.82, 2.24) is 0 Å². The molecule has 6 heteroatoms. The lowest BCUT2D eigenvalue weighted by Gasteiger charge is -1.90. The quantitative estimate of drug-likeness (QED) is 0.538. The molecule has 0 aromatic heterocycles. The molecular formula is C5H14O5S. The number of aliphatic hydroxyl groups excluding tert-OH is 2. The molecule has 2 N–H and O–H groups in total. The van der Waals surface area contributed by atoms with Crippen LogP contribution in [0, 0.1) is 0 Å². The predicted octanol–water partition coefficient (Wildman–Crippen LogP) is -1.05. The standard InChI is InChI=1S/C3H8O2.C2H6O3S/c1-3(5)2-4;1-5-6(2,3)4/h3-5H,2H2,1H3;1-2H3. The topological polar surface area (TPSA) is 83.8 Å². The van der Waals surface area contributed by atoms with Gasteiger partial charge in [0.25, 0.3) is 10.1 Å². The Balaban J connectivity index is 0. The minimum atomic E-state index is -3.16. The second-order valence-electron chi connectivity index (χ2n) is 1.90. The molecule has 0 aliphatic rings. The molecule has 70 valence electrons. The Bertz CT molecular complexity index is 160. The van der Waals surface area contributed by atoms with E-state index in [0.29, 0.717) is 0 Å². The zero-order valence-corrected chi connectivity index (χ0v) is 7.63. The number of hydrogen-bond acceptors (Lipinski definition) is 5. The molecule has 0 aromatic rings. The number of hydrogen-bond donors (Lipinski definition) is 2. The maximum Gasteiger partial charge on any atom is 0.264 e. The van der Waals surface area contributed by atoms with Gasteiger partial charge in [0, 0.05) is 0 Å². The largest absolute Gasteiger partial charge is 0.394 e. The molecule has 0 saturated heterocycles. The molecule has 0 spiro atoms. The first-order chi connectivity index (χ1) is 4.83. The highest BCUT2D eigenvalue weighted by Crippen LogP contribution is 1.75. The Morgan fingerprint density at radius 1 is 1.55 bits per heavy atom. The van der Waals surface area contributed by atoms with Crippen molar-refractivity contribution in [2.75, 3.05) is 20.0 Å². The lowest BCUT2D eigenvalue weighted by Crippen LogP contribution is -2.03. The second kappa shape index (κ2) is 6.53. The van der Waals surface area contributed by atoms with Gasteiger partial charge < -0.3 is 10.2 Å². The fourth-order valence-electron chi connectivity index (χ4n) is 0. The summed E-state index contributed by atoms with van der Waals surface area (Å²) in [6, 6.07) is 0. The third-order valence-electron chi connectivity index (χ3n) is 0.567. The first-order valence-corrected chi connectivity index (χ1v) is 4.69. The van der Waals surface area contributed by atoms with Crippen molar-refractivity contribution in [2.24, 2.45) is 0 Å².